The van der Waals surface area contributed by atoms with Gasteiger partial charge >= 0.3 is 0 Å². The van der Waals surface area contributed by atoms with Crippen LogP contribution in [0.4, 0.5) is 0 Å². The third-order valence-corrected chi connectivity index (χ3v) is 1.13. The summed E-state index contributed by atoms with van der Waals surface area (Å²) in [6.45, 7) is 1.98. The maximum absolute atomic E-state index is 10.4. The van der Waals surface area contributed by atoms with Crippen molar-refractivity contribution in [2.24, 2.45) is 0 Å². The summed E-state index contributed by atoms with van der Waals surface area (Å²) in [6, 6.07) is 0. The Labute approximate surface area is 66.8 Å². The van der Waals surface area contributed by atoms with E-state index >= 15 is 0 Å². The Morgan fingerprint density at radius 1 is 1.55 bits per heavy atom. The lowest BCUT2D eigenvalue weighted by Crippen LogP contribution is -2.17. The lowest BCUT2D eigenvalue weighted by molar-refractivity contribution is -0.129. The molecule has 62 valence electrons. The van der Waals surface area contributed by atoms with Gasteiger partial charge in [0.1, 0.15) is 0 Å². The zero-order valence-electron chi connectivity index (χ0n) is 6.68. The van der Waals surface area contributed by atoms with Crippen molar-refractivity contribution in [3.05, 3.63) is 0 Å². The average Bonchev–Trinajstić information content (AvgIpc) is 2.04. The first-order valence-electron chi connectivity index (χ1n) is 3.70. The van der Waals surface area contributed by atoms with Crippen molar-refractivity contribution in [1.82, 2.24) is 5.48 Å². The van der Waals surface area contributed by atoms with E-state index in [0.717, 1.165) is 12.8 Å². The van der Waals surface area contributed by atoms with E-state index in [-0.39, 0.29) is 5.91 Å². The van der Waals surface area contributed by atoms with Crippen LogP contribution in [-0.4, -0.2) is 11.1 Å². The molecule has 0 aliphatic heterocycles. The van der Waals surface area contributed by atoms with Crippen LogP contribution in [0.15, 0.2) is 0 Å². The molecule has 0 aromatic heterocycles. The average molecular weight is 155 g/mol. The standard InChI is InChI=1S/C8H13NO2/c1-2-3-4-5-6-7-8(10)9-11/h11H,2,5-7H2,1H3,(H,9,10). The third kappa shape index (κ3) is 6.88. The molecule has 0 spiro atoms. The normalized spacial score (nSPS) is 8.18. The molecule has 3 heteroatoms. The number of nitrogens with one attached hydrogen (secondary N) is 1. The number of hydrogen-bond acceptors (Lipinski definition) is 2. The summed E-state index contributed by atoms with van der Waals surface area (Å²) >= 11 is 0. The number of rotatable bonds is 3. The quantitative estimate of drug-likeness (QED) is 0.277. The van der Waals surface area contributed by atoms with Gasteiger partial charge in [0.2, 0.25) is 5.91 Å². The van der Waals surface area contributed by atoms with Crippen molar-refractivity contribution < 1.29 is 10.0 Å². The number of amides is 1. The second kappa shape index (κ2) is 7.10. The maximum atomic E-state index is 10.4. The van der Waals surface area contributed by atoms with Crippen LogP contribution < -0.4 is 5.48 Å². The second-order valence-corrected chi connectivity index (χ2v) is 2.10. The molecule has 11 heavy (non-hydrogen) atoms. The van der Waals surface area contributed by atoms with Crippen LogP contribution in [-0.2, 0) is 4.79 Å². The summed E-state index contributed by atoms with van der Waals surface area (Å²) in [5.41, 5.74) is 1.57. The predicted octanol–water partition coefficient (Wildman–Crippen LogP) is 1.08. The molecule has 0 rings (SSSR count). The summed E-state index contributed by atoms with van der Waals surface area (Å²) in [4.78, 5) is 10.4. The monoisotopic (exact) mass is 155 g/mol. The van der Waals surface area contributed by atoms with Crippen LogP contribution in [0.5, 0.6) is 0 Å². The highest BCUT2D eigenvalue weighted by molar-refractivity contribution is 5.74. The van der Waals surface area contributed by atoms with E-state index in [1.54, 1.807) is 5.48 Å². The van der Waals surface area contributed by atoms with E-state index in [0.29, 0.717) is 12.8 Å². The molecular weight excluding hydrogens is 142 g/mol. The number of carbonyl (C=O) groups is 1. The summed E-state index contributed by atoms with van der Waals surface area (Å²) in [5, 5.41) is 8.10. The van der Waals surface area contributed by atoms with E-state index in [9.17, 15) is 4.79 Å². The molecular formula is C8H13NO2. The van der Waals surface area contributed by atoms with Gasteiger partial charge in [-0.25, -0.2) is 5.48 Å². The van der Waals surface area contributed by atoms with E-state index < -0.39 is 0 Å². The molecule has 0 heterocycles. The maximum Gasteiger partial charge on any atom is 0.243 e. The number of hydrogen-bond donors (Lipinski definition) is 2. The number of unbranched alkanes of at least 4 members (excludes halogenated alkanes) is 1. The van der Waals surface area contributed by atoms with Crippen molar-refractivity contribution in [1.29, 1.82) is 0 Å². The summed E-state index contributed by atoms with van der Waals surface area (Å²) in [6.07, 6.45) is 2.63. The highest BCUT2D eigenvalue weighted by atomic mass is 16.5. The highest BCUT2D eigenvalue weighted by Crippen LogP contribution is 1.92. The van der Waals surface area contributed by atoms with Crippen LogP contribution >= 0.6 is 0 Å². The van der Waals surface area contributed by atoms with Crippen molar-refractivity contribution in [3.63, 3.8) is 0 Å². The van der Waals surface area contributed by atoms with Gasteiger partial charge in [-0.2, -0.15) is 0 Å². The Kier molecular flexibility index (Phi) is 6.45. The third-order valence-electron chi connectivity index (χ3n) is 1.13. The molecule has 0 bridgehead atoms. The first-order valence-corrected chi connectivity index (χ1v) is 3.70. The van der Waals surface area contributed by atoms with Crippen molar-refractivity contribution >= 4 is 5.91 Å². The van der Waals surface area contributed by atoms with Crippen LogP contribution in [0, 0.1) is 11.8 Å². The van der Waals surface area contributed by atoms with Crippen molar-refractivity contribution in [2.75, 3.05) is 0 Å². The van der Waals surface area contributed by atoms with E-state index in [1.807, 2.05) is 6.92 Å². The SMILES string of the molecule is CCC#CCCCC(=O)NO. The fourth-order valence-electron chi connectivity index (χ4n) is 0.607. The Hall–Kier alpha value is -1.01. The molecule has 0 unspecified atom stereocenters. The van der Waals surface area contributed by atoms with Crippen LogP contribution in [0.1, 0.15) is 32.6 Å². The molecule has 1 amide bonds. The Morgan fingerprint density at radius 3 is 2.82 bits per heavy atom. The number of hydroxylamine groups is 1. The molecule has 0 aliphatic rings. The zero-order valence-corrected chi connectivity index (χ0v) is 6.68. The van der Waals surface area contributed by atoms with Gasteiger partial charge in [0, 0.05) is 19.3 Å². The van der Waals surface area contributed by atoms with Crippen LogP contribution in [0.3, 0.4) is 0 Å². The first-order chi connectivity index (χ1) is 5.31. The van der Waals surface area contributed by atoms with Gasteiger partial charge in [-0.05, 0) is 6.42 Å². The highest BCUT2D eigenvalue weighted by Gasteiger charge is 1.95. The fourth-order valence-corrected chi connectivity index (χ4v) is 0.607. The predicted molar refractivity (Wildman–Crippen MR) is 41.8 cm³/mol. The first kappa shape index (κ1) is 9.99. The summed E-state index contributed by atoms with van der Waals surface area (Å²) < 4.78 is 0. The van der Waals surface area contributed by atoms with Gasteiger partial charge in [-0.3, -0.25) is 10.0 Å². The molecule has 0 aliphatic carbocycles. The lowest BCUT2D eigenvalue weighted by Gasteiger charge is -1.93. The van der Waals surface area contributed by atoms with Crippen molar-refractivity contribution in [2.45, 2.75) is 32.6 Å². The molecule has 0 saturated heterocycles. The Bertz CT molecular complexity index is 167. The minimum atomic E-state index is -0.344. The van der Waals surface area contributed by atoms with Crippen LogP contribution in [0.25, 0.3) is 0 Å². The van der Waals surface area contributed by atoms with Crippen LogP contribution in [0.2, 0.25) is 0 Å². The molecule has 0 fully saturated rings. The fraction of sp³-hybridized carbons (Fsp3) is 0.625. The topological polar surface area (TPSA) is 49.3 Å². The van der Waals surface area contributed by atoms with Gasteiger partial charge in [-0.15, -0.1) is 11.8 Å². The molecule has 0 radical (unpaired) electrons. The molecule has 0 aromatic carbocycles. The van der Waals surface area contributed by atoms with Gasteiger partial charge in [-0.1, -0.05) is 6.92 Å². The van der Waals surface area contributed by atoms with E-state index in [1.165, 1.54) is 0 Å². The molecule has 0 atom stereocenters. The second-order valence-electron chi connectivity index (χ2n) is 2.10. The van der Waals surface area contributed by atoms with Gasteiger partial charge in [0.05, 0.1) is 0 Å². The smallest absolute Gasteiger partial charge is 0.243 e. The lowest BCUT2D eigenvalue weighted by atomic mass is 10.2. The van der Waals surface area contributed by atoms with Gasteiger partial charge in [0.15, 0.2) is 0 Å². The minimum Gasteiger partial charge on any atom is -0.289 e. The van der Waals surface area contributed by atoms with E-state index in [4.69, 9.17) is 5.21 Å². The van der Waals surface area contributed by atoms with E-state index in [2.05, 4.69) is 11.8 Å². The van der Waals surface area contributed by atoms with Gasteiger partial charge < -0.3 is 0 Å². The Balaban J connectivity index is 3.21. The molecule has 2 N–H and O–H groups in total. The largest absolute Gasteiger partial charge is 0.289 e. The number of carbonyl (C=O) groups excluding carboxylic acids is 1. The minimum absolute atomic E-state index is 0.342. The van der Waals surface area contributed by atoms with Crippen molar-refractivity contribution in [3.8, 4) is 11.8 Å². The van der Waals surface area contributed by atoms with Gasteiger partial charge in [0.25, 0.3) is 0 Å². The summed E-state index contributed by atoms with van der Waals surface area (Å²) in [7, 11) is 0. The molecule has 0 saturated carbocycles. The Morgan fingerprint density at radius 2 is 2.27 bits per heavy atom. The molecule has 3 nitrogen and oxygen atoms in total. The zero-order chi connectivity index (χ0) is 8.53. The molecule has 0 aromatic rings. The summed E-state index contributed by atoms with van der Waals surface area (Å²) in [5.74, 6) is 5.45.